The Morgan fingerprint density at radius 3 is 2.29 bits per heavy atom. The van der Waals surface area contributed by atoms with E-state index in [2.05, 4.69) is 15.7 Å². The van der Waals surface area contributed by atoms with Gasteiger partial charge in [-0.05, 0) is 49.5 Å². The van der Waals surface area contributed by atoms with Crippen LogP contribution in [-0.4, -0.2) is 64.8 Å². The van der Waals surface area contributed by atoms with E-state index in [1.54, 1.807) is 12.1 Å². The lowest BCUT2D eigenvalue weighted by molar-refractivity contribution is -0.192. The number of alkyl halides is 6. The van der Waals surface area contributed by atoms with Crippen molar-refractivity contribution in [3.63, 3.8) is 0 Å². The normalized spacial score (nSPS) is 17.7. The predicted octanol–water partition coefficient (Wildman–Crippen LogP) is 3.15. The highest BCUT2D eigenvalue weighted by Gasteiger charge is 2.38. The quantitative estimate of drug-likeness (QED) is 0.548. The van der Waals surface area contributed by atoms with Crippen LogP contribution in [0.15, 0.2) is 18.2 Å². The minimum atomic E-state index is -5.08. The van der Waals surface area contributed by atoms with Crippen LogP contribution in [0.4, 0.5) is 37.0 Å². The smallest absolute Gasteiger partial charge is 0.475 e. The van der Waals surface area contributed by atoms with Crippen LogP contribution in [-0.2, 0) is 16.1 Å². The van der Waals surface area contributed by atoms with Crippen molar-refractivity contribution < 1.29 is 45.8 Å². The number of carboxylic acid groups (broad SMARTS) is 1. The van der Waals surface area contributed by atoms with Crippen LogP contribution >= 0.6 is 0 Å². The number of benzene rings is 1. The third-order valence-corrected chi connectivity index (χ3v) is 5.45. The first-order valence-corrected chi connectivity index (χ1v) is 10.5. The molecular weight excluding hydrogens is 488 g/mol. The lowest BCUT2D eigenvalue weighted by Gasteiger charge is -2.25. The van der Waals surface area contributed by atoms with Crippen molar-refractivity contribution in [1.29, 1.82) is 0 Å². The maximum atomic E-state index is 13.1. The van der Waals surface area contributed by atoms with E-state index in [1.165, 1.54) is 4.90 Å². The number of rotatable bonds is 3. The molecule has 4 rings (SSSR count). The van der Waals surface area contributed by atoms with Crippen LogP contribution in [0.1, 0.15) is 30.7 Å². The molecule has 0 radical (unpaired) electrons. The molecule has 0 atom stereocenters. The number of carboxylic acids is 1. The SMILES string of the molecule is O=C(O)C(F)(F)F.O=C1CCN(c2nn(CC(F)(F)F)c3cc(C4CCNCC4)ccc23)C(=O)N1. The molecule has 35 heavy (non-hydrogen) atoms. The number of urea groups is 1. The van der Waals surface area contributed by atoms with Gasteiger partial charge in [0.1, 0.15) is 6.54 Å². The highest BCUT2D eigenvalue weighted by atomic mass is 19.4. The first-order chi connectivity index (χ1) is 16.3. The fourth-order valence-corrected chi connectivity index (χ4v) is 3.84. The van der Waals surface area contributed by atoms with E-state index in [0.29, 0.717) is 10.9 Å². The summed E-state index contributed by atoms with van der Waals surface area (Å²) >= 11 is 0. The van der Waals surface area contributed by atoms with Gasteiger partial charge in [0.2, 0.25) is 5.91 Å². The summed E-state index contributed by atoms with van der Waals surface area (Å²) in [5.74, 6) is -2.75. The minimum absolute atomic E-state index is 0.0759. The second kappa shape index (κ2) is 10.1. The number of amides is 3. The van der Waals surface area contributed by atoms with E-state index >= 15 is 0 Å². The first-order valence-electron chi connectivity index (χ1n) is 10.5. The number of hydrogen-bond donors (Lipinski definition) is 3. The van der Waals surface area contributed by atoms with E-state index in [9.17, 15) is 35.9 Å². The summed E-state index contributed by atoms with van der Waals surface area (Å²) in [5, 5.41) is 17.1. The molecule has 0 aliphatic carbocycles. The Balaban J connectivity index is 0.000000429. The Morgan fingerprint density at radius 2 is 1.74 bits per heavy atom. The Hall–Kier alpha value is -3.36. The fourth-order valence-electron chi connectivity index (χ4n) is 3.84. The summed E-state index contributed by atoms with van der Waals surface area (Å²) in [6.45, 7) is 0.585. The molecule has 0 saturated carbocycles. The van der Waals surface area contributed by atoms with Gasteiger partial charge in [-0.2, -0.15) is 31.4 Å². The highest BCUT2D eigenvalue weighted by molar-refractivity contribution is 6.08. The van der Waals surface area contributed by atoms with Gasteiger partial charge in [0, 0.05) is 18.4 Å². The van der Waals surface area contributed by atoms with Gasteiger partial charge in [0.05, 0.1) is 5.52 Å². The number of fused-ring (bicyclic) bond motifs is 1. The standard InChI is InChI=1S/C18H20F3N5O2.C2HF3O2/c19-18(20,21)10-26-14-9-12(11-3-6-22-7-4-11)1-2-13(14)16(24-26)25-8-5-15(27)23-17(25)28;3-2(4,5)1(6)7/h1-2,9,11,22H,3-8,10H2,(H,23,27,28);(H,6,7). The van der Waals surface area contributed by atoms with Gasteiger partial charge < -0.3 is 10.4 Å². The number of aliphatic carboxylic acids is 1. The highest BCUT2D eigenvalue weighted by Crippen LogP contribution is 2.34. The van der Waals surface area contributed by atoms with Crippen molar-refractivity contribution in [3.8, 4) is 0 Å². The summed E-state index contributed by atoms with van der Waals surface area (Å²) in [4.78, 5) is 33.7. The molecule has 0 spiro atoms. The third-order valence-electron chi connectivity index (χ3n) is 5.45. The van der Waals surface area contributed by atoms with Gasteiger partial charge in [0.15, 0.2) is 5.82 Å². The number of nitrogens with zero attached hydrogens (tertiary/aromatic N) is 3. The van der Waals surface area contributed by atoms with Crippen molar-refractivity contribution in [2.45, 2.75) is 44.1 Å². The van der Waals surface area contributed by atoms with Crippen molar-refractivity contribution in [2.75, 3.05) is 24.5 Å². The summed E-state index contributed by atoms with van der Waals surface area (Å²) in [7, 11) is 0. The number of carbonyl (C=O) groups excluding carboxylic acids is 2. The van der Waals surface area contributed by atoms with Crippen LogP contribution in [0, 0.1) is 0 Å². The van der Waals surface area contributed by atoms with Crippen LogP contribution in [0.2, 0.25) is 0 Å². The van der Waals surface area contributed by atoms with E-state index in [-0.39, 0.29) is 24.7 Å². The summed E-state index contributed by atoms with van der Waals surface area (Å²) in [6, 6.07) is 4.71. The van der Waals surface area contributed by atoms with E-state index in [0.717, 1.165) is 36.2 Å². The van der Waals surface area contributed by atoms with Crippen LogP contribution in [0.25, 0.3) is 10.9 Å². The molecule has 2 aliphatic rings. The fraction of sp³-hybridized carbons (Fsp3) is 0.500. The molecule has 192 valence electrons. The zero-order valence-electron chi connectivity index (χ0n) is 18.0. The molecule has 3 heterocycles. The van der Waals surface area contributed by atoms with Gasteiger partial charge in [-0.1, -0.05) is 6.07 Å². The lowest BCUT2D eigenvalue weighted by atomic mass is 9.90. The number of carbonyl (C=O) groups is 3. The van der Waals surface area contributed by atoms with E-state index in [1.807, 2.05) is 6.07 Å². The van der Waals surface area contributed by atoms with Gasteiger partial charge in [-0.25, -0.2) is 9.59 Å². The molecule has 1 aromatic carbocycles. The summed E-state index contributed by atoms with van der Waals surface area (Å²) in [6.07, 6.45) is -7.61. The average Bonchev–Trinajstić information content (AvgIpc) is 3.10. The molecule has 2 saturated heterocycles. The number of hydrogen-bond acceptors (Lipinski definition) is 5. The molecule has 3 N–H and O–H groups in total. The molecular formula is C20H21F6N5O4. The number of piperidine rings is 1. The number of aromatic nitrogens is 2. The van der Waals surface area contributed by atoms with E-state index in [4.69, 9.17) is 9.90 Å². The molecule has 2 fully saturated rings. The average molecular weight is 509 g/mol. The number of anilines is 1. The number of imide groups is 1. The first kappa shape index (κ1) is 26.2. The Kier molecular flexibility index (Phi) is 7.57. The minimum Gasteiger partial charge on any atom is -0.475 e. The predicted molar refractivity (Wildman–Crippen MR) is 110 cm³/mol. The molecule has 2 aliphatic heterocycles. The van der Waals surface area contributed by atoms with Crippen molar-refractivity contribution in [3.05, 3.63) is 23.8 Å². The number of nitrogens with one attached hydrogen (secondary N) is 2. The molecule has 1 aromatic heterocycles. The molecule has 2 aromatic rings. The molecule has 9 nitrogen and oxygen atoms in total. The van der Waals surface area contributed by atoms with Gasteiger partial charge in [0.25, 0.3) is 0 Å². The zero-order chi connectivity index (χ0) is 26.0. The van der Waals surface area contributed by atoms with Gasteiger partial charge in [-0.3, -0.25) is 19.7 Å². The third kappa shape index (κ3) is 6.61. The lowest BCUT2D eigenvalue weighted by Crippen LogP contribution is -2.49. The summed E-state index contributed by atoms with van der Waals surface area (Å²) < 4.78 is 71.9. The van der Waals surface area contributed by atoms with Crippen molar-refractivity contribution in [2.24, 2.45) is 0 Å². The molecule has 0 bridgehead atoms. The van der Waals surface area contributed by atoms with Crippen LogP contribution in [0.5, 0.6) is 0 Å². The van der Waals surface area contributed by atoms with Gasteiger partial charge >= 0.3 is 24.4 Å². The van der Waals surface area contributed by atoms with Crippen LogP contribution in [0.3, 0.4) is 0 Å². The Bertz CT molecular complexity index is 1110. The molecule has 3 amide bonds. The monoisotopic (exact) mass is 509 g/mol. The number of halogens is 6. The zero-order valence-corrected chi connectivity index (χ0v) is 18.0. The Morgan fingerprint density at radius 1 is 1.11 bits per heavy atom. The maximum absolute atomic E-state index is 13.1. The van der Waals surface area contributed by atoms with Crippen molar-refractivity contribution >= 4 is 34.6 Å². The van der Waals surface area contributed by atoms with Gasteiger partial charge in [-0.15, -0.1) is 0 Å². The second-order valence-electron chi connectivity index (χ2n) is 7.96. The summed E-state index contributed by atoms with van der Waals surface area (Å²) in [5.41, 5.74) is 1.32. The van der Waals surface area contributed by atoms with Crippen molar-refractivity contribution in [1.82, 2.24) is 20.4 Å². The maximum Gasteiger partial charge on any atom is 0.490 e. The topological polar surface area (TPSA) is 117 Å². The van der Waals surface area contributed by atoms with Crippen LogP contribution < -0.4 is 15.5 Å². The second-order valence-corrected chi connectivity index (χ2v) is 7.96. The molecule has 15 heteroatoms. The van der Waals surface area contributed by atoms with E-state index < -0.39 is 36.8 Å². The molecule has 0 unspecified atom stereocenters. The largest absolute Gasteiger partial charge is 0.490 e. The Labute approximate surface area is 194 Å².